The molecule has 1 fully saturated rings. The Kier molecular flexibility index (Phi) is 4.16. The van der Waals surface area contributed by atoms with E-state index in [1.54, 1.807) is 0 Å². The number of benzene rings is 1. The zero-order valence-corrected chi connectivity index (χ0v) is 11.9. The van der Waals surface area contributed by atoms with Gasteiger partial charge in [0.1, 0.15) is 0 Å². The SMILES string of the molecule is CC1CC(C)CN(c2ccc(C(F)(F)F)c(C(=O)O)c2)C1. The fourth-order valence-corrected chi connectivity index (χ4v) is 3.03. The highest BCUT2D eigenvalue weighted by molar-refractivity contribution is 5.91. The molecule has 0 aromatic heterocycles. The van der Waals surface area contributed by atoms with E-state index in [4.69, 9.17) is 5.11 Å². The third kappa shape index (κ3) is 3.49. The molecule has 1 aromatic carbocycles. The van der Waals surface area contributed by atoms with Crippen LogP contribution in [0.1, 0.15) is 36.2 Å². The van der Waals surface area contributed by atoms with Gasteiger partial charge in [0.15, 0.2) is 0 Å². The fraction of sp³-hybridized carbons (Fsp3) is 0.533. The van der Waals surface area contributed by atoms with Gasteiger partial charge in [0.05, 0.1) is 11.1 Å². The van der Waals surface area contributed by atoms with Crippen molar-refractivity contribution in [2.24, 2.45) is 11.8 Å². The summed E-state index contributed by atoms with van der Waals surface area (Å²) in [4.78, 5) is 13.1. The van der Waals surface area contributed by atoms with Crippen molar-refractivity contribution in [3.63, 3.8) is 0 Å². The highest BCUT2D eigenvalue weighted by Crippen LogP contribution is 2.35. The van der Waals surface area contributed by atoms with Gasteiger partial charge in [-0.2, -0.15) is 13.2 Å². The maximum Gasteiger partial charge on any atom is 0.417 e. The minimum absolute atomic E-state index is 0.435. The summed E-state index contributed by atoms with van der Waals surface area (Å²) in [6.07, 6.45) is -3.59. The van der Waals surface area contributed by atoms with Crippen LogP contribution in [-0.2, 0) is 6.18 Å². The number of carboxylic acid groups (broad SMARTS) is 1. The molecule has 2 unspecified atom stereocenters. The van der Waals surface area contributed by atoms with Gasteiger partial charge in [-0.3, -0.25) is 0 Å². The second-order valence-corrected chi connectivity index (χ2v) is 5.88. The smallest absolute Gasteiger partial charge is 0.417 e. The van der Waals surface area contributed by atoms with Gasteiger partial charge in [0, 0.05) is 18.8 Å². The van der Waals surface area contributed by atoms with Crippen molar-refractivity contribution in [3.8, 4) is 0 Å². The molecule has 0 aliphatic carbocycles. The van der Waals surface area contributed by atoms with Crippen molar-refractivity contribution in [2.75, 3.05) is 18.0 Å². The molecule has 0 bridgehead atoms. The van der Waals surface area contributed by atoms with Gasteiger partial charge < -0.3 is 10.0 Å². The first kappa shape index (κ1) is 15.7. The van der Waals surface area contributed by atoms with E-state index >= 15 is 0 Å². The van der Waals surface area contributed by atoms with Crippen LogP contribution in [0.25, 0.3) is 0 Å². The Morgan fingerprint density at radius 2 is 1.81 bits per heavy atom. The Balaban J connectivity index is 2.38. The van der Waals surface area contributed by atoms with Crippen molar-refractivity contribution in [2.45, 2.75) is 26.4 Å². The first-order valence-corrected chi connectivity index (χ1v) is 6.88. The molecule has 1 aromatic rings. The number of hydrogen-bond acceptors (Lipinski definition) is 2. The lowest BCUT2D eigenvalue weighted by molar-refractivity contribution is -0.138. The number of carboxylic acids is 1. The topological polar surface area (TPSA) is 40.5 Å². The average molecular weight is 301 g/mol. The monoisotopic (exact) mass is 301 g/mol. The zero-order chi connectivity index (χ0) is 15.8. The lowest BCUT2D eigenvalue weighted by Crippen LogP contribution is -2.38. The molecule has 1 aliphatic heterocycles. The van der Waals surface area contributed by atoms with E-state index in [-0.39, 0.29) is 0 Å². The number of hydrogen-bond donors (Lipinski definition) is 1. The van der Waals surface area contributed by atoms with Crippen LogP contribution < -0.4 is 4.90 Å². The normalized spacial score (nSPS) is 23.2. The number of anilines is 1. The summed E-state index contributed by atoms with van der Waals surface area (Å²) in [5, 5.41) is 9.04. The third-order valence-electron chi connectivity index (χ3n) is 3.77. The Morgan fingerprint density at radius 1 is 1.24 bits per heavy atom. The number of rotatable bonds is 2. The van der Waals surface area contributed by atoms with Crippen molar-refractivity contribution < 1.29 is 23.1 Å². The molecule has 1 N–H and O–H groups in total. The molecule has 1 aliphatic rings. The zero-order valence-electron chi connectivity index (χ0n) is 11.9. The predicted molar refractivity (Wildman–Crippen MR) is 73.6 cm³/mol. The average Bonchev–Trinajstić information content (AvgIpc) is 2.35. The maximum atomic E-state index is 12.8. The van der Waals surface area contributed by atoms with Gasteiger partial charge in [0.25, 0.3) is 0 Å². The van der Waals surface area contributed by atoms with E-state index in [0.29, 0.717) is 17.5 Å². The standard InChI is InChI=1S/C15H18F3NO2/c1-9-5-10(2)8-19(7-9)11-3-4-13(15(16,17)18)12(6-11)14(20)21/h3-4,6,9-10H,5,7-8H2,1-2H3,(H,20,21). The highest BCUT2D eigenvalue weighted by Gasteiger charge is 2.36. The van der Waals surface area contributed by atoms with Gasteiger partial charge in [-0.05, 0) is 36.5 Å². The Hall–Kier alpha value is -1.72. The Bertz CT molecular complexity index is 532. The molecule has 0 amide bonds. The molecule has 0 radical (unpaired) electrons. The molecule has 3 nitrogen and oxygen atoms in total. The van der Waals surface area contributed by atoms with Crippen LogP contribution in [0.3, 0.4) is 0 Å². The van der Waals surface area contributed by atoms with Gasteiger partial charge in [-0.25, -0.2) is 4.79 Å². The predicted octanol–water partition coefficient (Wildman–Crippen LogP) is 3.89. The molecule has 0 spiro atoms. The number of carbonyl (C=O) groups is 1. The molecular formula is C15H18F3NO2. The molecule has 6 heteroatoms. The fourth-order valence-electron chi connectivity index (χ4n) is 3.03. The minimum Gasteiger partial charge on any atom is -0.478 e. The lowest BCUT2D eigenvalue weighted by Gasteiger charge is -2.36. The molecule has 21 heavy (non-hydrogen) atoms. The van der Waals surface area contributed by atoms with Crippen molar-refractivity contribution >= 4 is 11.7 Å². The molecule has 1 heterocycles. The lowest BCUT2D eigenvalue weighted by atomic mass is 9.91. The Morgan fingerprint density at radius 3 is 2.29 bits per heavy atom. The molecule has 0 saturated carbocycles. The summed E-state index contributed by atoms with van der Waals surface area (Å²) < 4.78 is 38.5. The summed E-state index contributed by atoms with van der Waals surface area (Å²) in [5.41, 5.74) is -1.25. The van der Waals surface area contributed by atoms with Crippen molar-refractivity contribution in [3.05, 3.63) is 29.3 Å². The molecule has 116 valence electrons. The summed E-state index contributed by atoms with van der Waals surface area (Å²) in [6, 6.07) is 3.36. The summed E-state index contributed by atoms with van der Waals surface area (Å²) in [5.74, 6) is -0.684. The number of alkyl halides is 3. The molecule has 2 rings (SSSR count). The number of aromatic carboxylic acids is 1. The van der Waals surface area contributed by atoms with Crippen LogP contribution in [0, 0.1) is 11.8 Å². The van der Waals surface area contributed by atoms with Crippen LogP contribution in [0.2, 0.25) is 0 Å². The van der Waals surface area contributed by atoms with E-state index in [1.165, 1.54) is 6.07 Å². The summed E-state index contributed by atoms with van der Waals surface area (Å²) >= 11 is 0. The second-order valence-electron chi connectivity index (χ2n) is 5.88. The van der Waals surface area contributed by atoms with Crippen molar-refractivity contribution in [1.29, 1.82) is 0 Å². The molecule has 1 saturated heterocycles. The second kappa shape index (κ2) is 5.58. The summed E-state index contributed by atoms with van der Waals surface area (Å²) in [7, 11) is 0. The van der Waals surface area contributed by atoms with Gasteiger partial charge >= 0.3 is 12.1 Å². The third-order valence-corrected chi connectivity index (χ3v) is 3.77. The van der Waals surface area contributed by atoms with Crippen LogP contribution in [0.15, 0.2) is 18.2 Å². The molecule has 2 atom stereocenters. The van der Waals surface area contributed by atoms with E-state index in [9.17, 15) is 18.0 Å². The quantitative estimate of drug-likeness (QED) is 0.901. The van der Waals surface area contributed by atoms with Gasteiger partial charge in [-0.15, -0.1) is 0 Å². The van der Waals surface area contributed by atoms with Crippen LogP contribution in [-0.4, -0.2) is 24.2 Å². The first-order valence-electron chi connectivity index (χ1n) is 6.88. The van der Waals surface area contributed by atoms with E-state index in [1.807, 2.05) is 4.90 Å². The maximum absolute atomic E-state index is 12.8. The van der Waals surface area contributed by atoms with Gasteiger partial charge in [-0.1, -0.05) is 13.8 Å². The number of piperidine rings is 1. The number of nitrogens with zero attached hydrogens (tertiary/aromatic N) is 1. The first-order chi connectivity index (χ1) is 9.68. The molecular weight excluding hydrogens is 283 g/mol. The Labute approximate surface area is 121 Å². The largest absolute Gasteiger partial charge is 0.478 e. The number of halogens is 3. The van der Waals surface area contributed by atoms with Crippen molar-refractivity contribution in [1.82, 2.24) is 0 Å². The van der Waals surface area contributed by atoms with Crippen LogP contribution in [0.4, 0.5) is 18.9 Å². The van der Waals surface area contributed by atoms with E-state index in [2.05, 4.69) is 13.8 Å². The van der Waals surface area contributed by atoms with Crippen LogP contribution >= 0.6 is 0 Å². The van der Waals surface area contributed by atoms with E-state index < -0.39 is 23.3 Å². The summed E-state index contributed by atoms with van der Waals surface area (Å²) in [6.45, 7) is 5.64. The van der Waals surface area contributed by atoms with Gasteiger partial charge in [0.2, 0.25) is 0 Å². The van der Waals surface area contributed by atoms with E-state index in [0.717, 1.165) is 31.6 Å². The minimum atomic E-state index is -4.66. The highest BCUT2D eigenvalue weighted by atomic mass is 19.4. The van der Waals surface area contributed by atoms with Crippen LogP contribution in [0.5, 0.6) is 0 Å².